The van der Waals surface area contributed by atoms with Crippen molar-refractivity contribution < 1.29 is 40.6 Å². The third-order valence-corrected chi connectivity index (χ3v) is 3.98. The van der Waals surface area contributed by atoms with Gasteiger partial charge in [0.25, 0.3) is 0 Å². The summed E-state index contributed by atoms with van der Waals surface area (Å²) < 4.78 is 85.4. The van der Waals surface area contributed by atoms with E-state index in [0.29, 0.717) is 0 Å². The second kappa shape index (κ2) is 10.0. The van der Waals surface area contributed by atoms with Crippen molar-refractivity contribution in [1.29, 1.82) is 0 Å². The number of hydrogen-bond donors (Lipinski definition) is 2. The number of halogens is 6. The number of alkyl halides is 6. The lowest BCUT2D eigenvalue weighted by atomic mass is 10.0. The van der Waals surface area contributed by atoms with Gasteiger partial charge < -0.3 is 20.1 Å². The molecule has 0 heterocycles. The maximum Gasteiger partial charge on any atom is 0.411 e. The minimum Gasteiger partial charge on any atom is -0.337 e. The first-order chi connectivity index (χ1) is 14.4. The van der Waals surface area contributed by atoms with E-state index < -0.39 is 37.4 Å². The van der Waals surface area contributed by atoms with E-state index in [0.717, 1.165) is 12.5 Å². The molecular formula is C20H20F6N2O3. The number of anilines is 1. The highest BCUT2D eigenvalue weighted by Gasteiger charge is 2.41. The van der Waals surface area contributed by atoms with Gasteiger partial charge in [-0.3, -0.25) is 0 Å². The van der Waals surface area contributed by atoms with Crippen molar-refractivity contribution >= 4 is 11.7 Å². The molecule has 2 amide bonds. The van der Waals surface area contributed by atoms with E-state index in [1.165, 1.54) is 24.3 Å². The van der Waals surface area contributed by atoms with E-state index in [2.05, 4.69) is 10.6 Å². The molecule has 11 heteroatoms. The molecule has 2 aromatic rings. The Bertz CT molecular complexity index is 838. The minimum absolute atomic E-state index is 0.0695. The summed E-state index contributed by atoms with van der Waals surface area (Å²) >= 11 is 0. The van der Waals surface area contributed by atoms with Gasteiger partial charge in [0.2, 0.25) is 0 Å². The monoisotopic (exact) mass is 450 g/mol. The molecule has 0 saturated heterocycles. The lowest BCUT2D eigenvalue weighted by Crippen LogP contribution is -2.38. The Morgan fingerprint density at radius 1 is 0.839 bits per heavy atom. The standard InChI is InChI=1S/C20H20F6N2O3/c1-18(30-12-19(21,22)23,31-13-20(24,25)26)15-9-5-6-10-16(15)28-17(29)27-11-14-7-3-2-4-8-14/h2-10H,11-13H2,1H3,(H2,27,28,29). The molecule has 5 nitrogen and oxygen atoms in total. The van der Waals surface area contributed by atoms with Crippen LogP contribution in [0.25, 0.3) is 0 Å². The smallest absolute Gasteiger partial charge is 0.337 e. The Kier molecular flexibility index (Phi) is 7.91. The Labute approximate surface area is 174 Å². The number of urea groups is 1. The molecule has 0 unspecified atom stereocenters. The van der Waals surface area contributed by atoms with E-state index in [-0.39, 0.29) is 17.8 Å². The first-order valence-corrected chi connectivity index (χ1v) is 8.98. The predicted molar refractivity (Wildman–Crippen MR) is 100 cm³/mol. The molecule has 0 radical (unpaired) electrons. The van der Waals surface area contributed by atoms with Gasteiger partial charge in [-0.15, -0.1) is 0 Å². The zero-order valence-corrected chi connectivity index (χ0v) is 16.3. The van der Waals surface area contributed by atoms with Crippen molar-refractivity contribution in [1.82, 2.24) is 5.32 Å². The van der Waals surface area contributed by atoms with Gasteiger partial charge in [0.1, 0.15) is 13.2 Å². The lowest BCUT2D eigenvalue weighted by Gasteiger charge is -2.32. The number of ether oxygens (including phenoxy) is 2. The van der Waals surface area contributed by atoms with Crippen molar-refractivity contribution in [2.75, 3.05) is 18.5 Å². The summed E-state index contributed by atoms with van der Waals surface area (Å²) in [6, 6.07) is 13.5. The number of carbonyl (C=O) groups is 1. The fourth-order valence-electron chi connectivity index (χ4n) is 2.57. The molecule has 2 aromatic carbocycles. The first-order valence-electron chi connectivity index (χ1n) is 8.98. The molecule has 0 fully saturated rings. The zero-order chi connectivity index (χ0) is 23.1. The SMILES string of the molecule is CC(OCC(F)(F)F)(OCC(F)(F)F)c1ccccc1NC(=O)NCc1ccccc1. The van der Waals surface area contributed by atoms with Crippen LogP contribution in [0.15, 0.2) is 54.6 Å². The molecule has 170 valence electrons. The van der Waals surface area contributed by atoms with Gasteiger partial charge in [0.05, 0.1) is 5.69 Å². The summed E-state index contributed by atoms with van der Waals surface area (Å²) in [5.74, 6) is -2.44. The van der Waals surface area contributed by atoms with Crippen LogP contribution in [0.3, 0.4) is 0 Å². The van der Waals surface area contributed by atoms with Gasteiger partial charge in [-0.05, 0) is 18.6 Å². The minimum atomic E-state index is -4.81. The van der Waals surface area contributed by atoms with Crippen LogP contribution in [0.4, 0.5) is 36.8 Å². The number of hydrogen-bond acceptors (Lipinski definition) is 3. The van der Waals surface area contributed by atoms with Crippen LogP contribution in [0.5, 0.6) is 0 Å². The summed E-state index contributed by atoms with van der Waals surface area (Å²) in [4.78, 5) is 12.2. The third-order valence-electron chi connectivity index (χ3n) is 3.98. The van der Waals surface area contributed by atoms with Gasteiger partial charge in [-0.1, -0.05) is 48.5 Å². The fraction of sp³-hybridized carbons (Fsp3) is 0.350. The Morgan fingerprint density at radius 2 is 1.35 bits per heavy atom. The van der Waals surface area contributed by atoms with Crippen molar-refractivity contribution in [2.24, 2.45) is 0 Å². The van der Waals surface area contributed by atoms with Gasteiger partial charge in [-0.2, -0.15) is 26.3 Å². The van der Waals surface area contributed by atoms with Crippen LogP contribution in [-0.4, -0.2) is 31.6 Å². The van der Waals surface area contributed by atoms with Gasteiger partial charge in [-0.25, -0.2) is 4.79 Å². The molecular weight excluding hydrogens is 430 g/mol. The third kappa shape index (κ3) is 8.46. The Morgan fingerprint density at radius 3 is 1.90 bits per heavy atom. The van der Waals surface area contributed by atoms with E-state index >= 15 is 0 Å². The van der Waals surface area contributed by atoms with E-state index in [1.54, 1.807) is 30.3 Å². The van der Waals surface area contributed by atoms with Crippen molar-refractivity contribution in [2.45, 2.75) is 31.6 Å². The predicted octanol–water partition coefficient (Wildman–Crippen LogP) is 5.34. The van der Waals surface area contributed by atoms with Gasteiger partial charge in [0, 0.05) is 12.1 Å². The average Bonchev–Trinajstić information content (AvgIpc) is 2.69. The highest BCUT2D eigenvalue weighted by atomic mass is 19.4. The zero-order valence-electron chi connectivity index (χ0n) is 16.3. The molecule has 0 saturated carbocycles. The number of para-hydroxylation sites is 1. The number of amides is 2. The van der Waals surface area contributed by atoms with E-state index in [4.69, 9.17) is 9.47 Å². The molecule has 0 aliphatic rings. The molecule has 2 N–H and O–H groups in total. The molecule has 0 bridgehead atoms. The van der Waals surface area contributed by atoms with Crippen molar-refractivity contribution in [3.05, 3.63) is 65.7 Å². The largest absolute Gasteiger partial charge is 0.411 e. The molecule has 0 aromatic heterocycles. The lowest BCUT2D eigenvalue weighted by molar-refractivity contribution is -0.310. The molecule has 0 aliphatic carbocycles. The molecule has 0 spiro atoms. The van der Waals surface area contributed by atoms with Crippen LogP contribution in [0.1, 0.15) is 18.1 Å². The fourth-order valence-corrected chi connectivity index (χ4v) is 2.57. The van der Waals surface area contributed by atoms with Crippen molar-refractivity contribution in [3.63, 3.8) is 0 Å². The molecule has 0 aliphatic heterocycles. The highest BCUT2D eigenvalue weighted by Crippen LogP contribution is 2.36. The summed E-state index contributed by atoms with van der Waals surface area (Å²) in [7, 11) is 0. The van der Waals surface area contributed by atoms with E-state index in [1.807, 2.05) is 0 Å². The highest BCUT2D eigenvalue weighted by molar-refractivity contribution is 5.90. The number of benzene rings is 2. The maximum atomic E-state index is 12.7. The second-order valence-electron chi connectivity index (χ2n) is 6.59. The average molecular weight is 450 g/mol. The number of nitrogens with one attached hydrogen (secondary N) is 2. The van der Waals surface area contributed by atoms with Crippen LogP contribution < -0.4 is 10.6 Å². The molecule has 2 rings (SSSR count). The summed E-state index contributed by atoms with van der Waals surface area (Å²) in [5, 5.41) is 4.96. The second-order valence-corrected chi connectivity index (χ2v) is 6.59. The number of carbonyl (C=O) groups excluding carboxylic acids is 1. The first kappa shape index (κ1) is 24.5. The number of rotatable bonds is 8. The Hall–Kier alpha value is -2.79. The van der Waals surface area contributed by atoms with Crippen LogP contribution in [-0.2, 0) is 21.8 Å². The maximum absolute atomic E-state index is 12.7. The summed E-state index contributed by atoms with van der Waals surface area (Å²) in [5.41, 5.74) is 0.510. The van der Waals surface area contributed by atoms with Crippen molar-refractivity contribution in [3.8, 4) is 0 Å². The summed E-state index contributed by atoms with van der Waals surface area (Å²) in [6.07, 6.45) is -9.61. The van der Waals surface area contributed by atoms with Crippen LogP contribution in [0.2, 0.25) is 0 Å². The van der Waals surface area contributed by atoms with Gasteiger partial charge >= 0.3 is 18.4 Å². The van der Waals surface area contributed by atoms with Crippen LogP contribution in [0, 0.1) is 0 Å². The Balaban J connectivity index is 2.20. The quantitative estimate of drug-likeness (QED) is 0.422. The molecule has 0 atom stereocenters. The van der Waals surface area contributed by atoms with Crippen LogP contribution >= 0.6 is 0 Å². The topological polar surface area (TPSA) is 59.6 Å². The normalized spacial score (nSPS) is 12.5. The summed E-state index contributed by atoms with van der Waals surface area (Å²) in [6.45, 7) is -2.63. The molecule has 31 heavy (non-hydrogen) atoms. The van der Waals surface area contributed by atoms with E-state index in [9.17, 15) is 31.1 Å². The van der Waals surface area contributed by atoms with Gasteiger partial charge in [0.15, 0.2) is 5.79 Å².